The SMILES string of the molecule is c1ccc(-c2ccc3ccc4ccc(-c5cccc6c5-c5c(ccc7c(-c8ccccc8)nc8ccccc8c57)C65c6ccccc6Sc6ccccc65)nc4c3n2)cc1. The van der Waals surface area contributed by atoms with Crippen molar-refractivity contribution < 1.29 is 0 Å². The van der Waals surface area contributed by atoms with Crippen molar-refractivity contribution in [3.8, 4) is 44.9 Å². The molecule has 1 aliphatic heterocycles. The summed E-state index contributed by atoms with van der Waals surface area (Å²) in [7, 11) is 0. The number of pyridine rings is 3. The molecule has 0 fully saturated rings. The Morgan fingerprint density at radius 2 is 0.933 bits per heavy atom. The molecule has 1 spiro atoms. The first-order chi connectivity index (χ1) is 29.8. The highest BCUT2D eigenvalue weighted by Gasteiger charge is 2.51. The molecule has 0 bridgehead atoms. The Morgan fingerprint density at radius 3 is 1.67 bits per heavy atom. The Hall–Kier alpha value is -7.40. The van der Waals surface area contributed by atoms with Crippen molar-refractivity contribution in [3.05, 3.63) is 222 Å². The molecule has 1 aliphatic carbocycles. The predicted molar refractivity (Wildman–Crippen MR) is 248 cm³/mol. The molecule has 0 N–H and O–H groups in total. The third-order valence-corrected chi connectivity index (χ3v) is 13.9. The maximum Gasteiger partial charge on any atom is 0.0972 e. The number of rotatable bonds is 3. The molecule has 0 amide bonds. The smallest absolute Gasteiger partial charge is 0.0972 e. The summed E-state index contributed by atoms with van der Waals surface area (Å²) in [6.07, 6.45) is 0. The molecule has 13 rings (SSSR count). The zero-order valence-corrected chi connectivity index (χ0v) is 33.1. The molecule has 278 valence electrons. The van der Waals surface area contributed by atoms with Gasteiger partial charge in [0, 0.05) is 53.4 Å². The predicted octanol–water partition coefficient (Wildman–Crippen LogP) is 14.3. The zero-order valence-electron chi connectivity index (χ0n) is 32.3. The van der Waals surface area contributed by atoms with Gasteiger partial charge in [-0.15, -0.1) is 0 Å². The average molecular weight is 780 g/mol. The van der Waals surface area contributed by atoms with Crippen LogP contribution in [0.3, 0.4) is 0 Å². The summed E-state index contributed by atoms with van der Waals surface area (Å²) in [6.45, 7) is 0. The van der Waals surface area contributed by atoms with Gasteiger partial charge in [0.25, 0.3) is 0 Å². The standard InChI is InChI=1S/C56H33N3S/c1-3-14-34(15-4-1)45-32-28-36-26-27-37-29-33-47(59-55(37)54(36)57-45)39-19-13-22-43-51(39)52-44(56(43)41-20-8-11-24-48(41)60-49-25-12-9-21-42(49)56)31-30-40-50(52)38-18-7-10-23-46(38)58-53(40)35-16-5-2-6-17-35/h1-33H. The van der Waals surface area contributed by atoms with E-state index in [2.05, 4.69) is 194 Å². The molecule has 11 aromatic rings. The fourth-order valence-corrected chi connectivity index (χ4v) is 11.4. The van der Waals surface area contributed by atoms with E-state index in [0.29, 0.717) is 0 Å². The van der Waals surface area contributed by atoms with E-state index in [0.717, 1.165) is 71.9 Å². The van der Waals surface area contributed by atoms with Crippen LogP contribution in [0.15, 0.2) is 210 Å². The molecule has 4 heterocycles. The number of benzene rings is 8. The van der Waals surface area contributed by atoms with Crippen molar-refractivity contribution in [2.24, 2.45) is 0 Å². The van der Waals surface area contributed by atoms with Gasteiger partial charge < -0.3 is 0 Å². The molecule has 0 unspecified atom stereocenters. The zero-order chi connectivity index (χ0) is 39.4. The van der Waals surface area contributed by atoms with Crippen LogP contribution in [0.5, 0.6) is 0 Å². The Kier molecular flexibility index (Phi) is 7.16. The summed E-state index contributed by atoms with van der Waals surface area (Å²) in [5.41, 5.74) is 16.0. The van der Waals surface area contributed by atoms with Crippen LogP contribution in [0.4, 0.5) is 0 Å². The van der Waals surface area contributed by atoms with E-state index < -0.39 is 5.41 Å². The van der Waals surface area contributed by atoms with E-state index in [1.807, 2.05) is 17.8 Å². The Labute approximate surface area is 351 Å². The van der Waals surface area contributed by atoms with Crippen LogP contribution in [0, 0.1) is 0 Å². The third kappa shape index (κ3) is 4.65. The van der Waals surface area contributed by atoms with Crippen molar-refractivity contribution in [3.63, 3.8) is 0 Å². The number of aromatic nitrogens is 3. The normalized spacial score (nSPS) is 13.4. The quantitative estimate of drug-likeness (QED) is 0.167. The fourth-order valence-electron chi connectivity index (χ4n) is 10.2. The molecule has 4 heteroatoms. The van der Waals surface area contributed by atoms with Crippen molar-refractivity contribution >= 4 is 55.2 Å². The second-order valence-corrected chi connectivity index (χ2v) is 16.9. The number of hydrogen-bond donors (Lipinski definition) is 0. The molecule has 2 aliphatic rings. The van der Waals surface area contributed by atoms with Crippen molar-refractivity contribution in [1.82, 2.24) is 15.0 Å². The van der Waals surface area contributed by atoms with Gasteiger partial charge in [0.1, 0.15) is 0 Å². The summed E-state index contributed by atoms with van der Waals surface area (Å²) < 4.78 is 0. The molecule has 0 atom stereocenters. The van der Waals surface area contributed by atoms with E-state index in [1.54, 1.807) is 0 Å². The Morgan fingerprint density at radius 1 is 0.367 bits per heavy atom. The van der Waals surface area contributed by atoms with E-state index in [4.69, 9.17) is 15.0 Å². The Balaban J connectivity index is 1.18. The highest BCUT2D eigenvalue weighted by Crippen LogP contribution is 2.65. The van der Waals surface area contributed by atoms with Gasteiger partial charge in [0.15, 0.2) is 0 Å². The first-order valence-electron chi connectivity index (χ1n) is 20.4. The number of hydrogen-bond acceptors (Lipinski definition) is 4. The van der Waals surface area contributed by atoms with E-state index >= 15 is 0 Å². The van der Waals surface area contributed by atoms with Crippen LogP contribution in [0.2, 0.25) is 0 Å². The number of nitrogens with zero attached hydrogens (tertiary/aromatic N) is 3. The lowest BCUT2D eigenvalue weighted by Gasteiger charge is -2.39. The summed E-state index contributed by atoms with van der Waals surface area (Å²) in [4.78, 5) is 18.8. The van der Waals surface area contributed by atoms with Crippen molar-refractivity contribution in [2.75, 3.05) is 0 Å². The minimum Gasteiger partial charge on any atom is -0.247 e. The van der Waals surface area contributed by atoms with Crippen LogP contribution in [-0.2, 0) is 5.41 Å². The summed E-state index contributed by atoms with van der Waals surface area (Å²) in [5, 5.41) is 5.63. The summed E-state index contributed by atoms with van der Waals surface area (Å²) in [5.74, 6) is 0. The van der Waals surface area contributed by atoms with Gasteiger partial charge in [-0.25, -0.2) is 15.0 Å². The van der Waals surface area contributed by atoms with E-state index in [-0.39, 0.29) is 0 Å². The number of para-hydroxylation sites is 1. The van der Waals surface area contributed by atoms with Crippen LogP contribution in [-0.4, -0.2) is 15.0 Å². The van der Waals surface area contributed by atoms with Gasteiger partial charge in [0.05, 0.1) is 39.0 Å². The minimum absolute atomic E-state index is 0.569. The van der Waals surface area contributed by atoms with Gasteiger partial charge >= 0.3 is 0 Å². The molecule has 0 radical (unpaired) electrons. The monoisotopic (exact) mass is 779 g/mol. The second-order valence-electron chi connectivity index (χ2n) is 15.8. The van der Waals surface area contributed by atoms with Gasteiger partial charge in [-0.05, 0) is 63.7 Å². The largest absolute Gasteiger partial charge is 0.247 e. The molecule has 0 saturated carbocycles. The maximum absolute atomic E-state index is 5.61. The van der Waals surface area contributed by atoms with Crippen LogP contribution in [0.1, 0.15) is 22.3 Å². The molecule has 8 aromatic carbocycles. The average Bonchev–Trinajstić information content (AvgIpc) is 3.62. The van der Waals surface area contributed by atoms with Crippen LogP contribution >= 0.6 is 11.8 Å². The molecule has 3 nitrogen and oxygen atoms in total. The second kappa shape index (κ2) is 12.8. The first kappa shape index (κ1) is 33.6. The summed E-state index contributed by atoms with van der Waals surface area (Å²) in [6, 6.07) is 72.4. The highest BCUT2D eigenvalue weighted by molar-refractivity contribution is 7.99. The van der Waals surface area contributed by atoms with Crippen molar-refractivity contribution in [1.29, 1.82) is 0 Å². The van der Waals surface area contributed by atoms with E-state index in [1.165, 1.54) is 48.6 Å². The van der Waals surface area contributed by atoms with Crippen molar-refractivity contribution in [2.45, 2.75) is 15.2 Å². The fraction of sp³-hybridized carbons (Fsp3) is 0.0179. The van der Waals surface area contributed by atoms with Gasteiger partial charge in [-0.3, -0.25) is 0 Å². The lowest BCUT2D eigenvalue weighted by molar-refractivity contribution is 0.723. The third-order valence-electron chi connectivity index (χ3n) is 12.7. The first-order valence-corrected chi connectivity index (χ1v) is 21.3. The lowest BCUT2D eigenvalue weighted by Crippen LogP contribution is -2.31. The highest BCUT2D eigenvalue weighted by atomic mass is 32.2. The lowest BCUT2D eigenvalue weighted by atomic mass is 9.67. The maximum atomic E-state index is 5.61. The molecular weight excluding hydrogens is 747 g/mol. The minimum atomic E-state index is -0.569. The molecule has 3 aromatic heterocycles. The van der Waals surface area contributed by atoms with Gasteiger partial charge in [0.2, 0.25) is 0 Å². The Bertz CT molecular complexity index is 3530. The van der Waals surface area contributed by atoms with E-state index in [9.17, 15) is 0 Å². The topological polar surface area (TPSA) is 38.7 Å². The van der Waals surface area contributed by atoms with Gasteiger partial charge in [-0.1, -0.05) is 182 Å². The molecule has 0 saturated heterocycles. The van der Waals surface area contributed by atoms with Gasteiger partial charge in [-0.2, -0.15) is 0 Å². The molecular formula is C56H33N3S. The van der Waals surface area contributed by atoms with Crippen LogP contribution in [0.25, 0.3) is 88.4 Å². The molecule has 60 heavy (non-hydrogen) atoms. The summed E-state index contributed by atoms with van der Waals surface area (Å²) >= 11 is 1.87. The number of fused-ring (bicyclic) bond motifs is 16. The van der Waals surface area contributed by atoms with Crippen LogP contribution < -0.4 is 0 Å².